The SMILES string of the molecule is CC(C)(C)OC(=O)N1CCCCC1CNS(=O)(=O)c1cccc(CBr)c1. The van der Waals surface area contributed by atoms with Gasteiger partial charge in [0.1, 0.15) is 5.60 Å². The topological polar surface area (TPSA) is 75.7 Å². The number of nitrogens with zero attached hydrogens (tertiary/aromatic N) is 1. The molecule has 0 saturated carbocycles. The number of nitrogens with one attached hydrogen (secondary N) is 1. The molecular formula is C18H27BrN2O4S. The number of hydrogen-bond acceptors (Lipinski definition) is 4. The third-order valence-corrected chi connectivity index (χ3v) is 6.20. The van der Waals surface area contributed by atoms with Gasteiger partial charge >= 0.3 is 6.09 Å². The lowest BCUT2D eigenvalue weighted by atomic mass is 10.0. The van der Waals surface area contributed by atoms with Crippen LogP contribution in [0.2, 0.25) is 0 Å². The summed E-state index contributed by atoms with van der Waals surface area (Å²) in [5, 5.41) is 0.589. The first kappa shape index (κ1) is 21.2. The van der Waals surface area contributed by atoms with Gasteiger partial charge in [-0.25, -0.2) is 17.9 Å². The zero-order valence-electron chi connectivity index (χ0n) is 15.5. The van der Waals surface area contributed by atoms with Crippen molar-refractivity contribution < 1.29 is 17.9 Å². The van der Waals surface area contributed by atoms with E-state index < -0.39 is 15.6 Å². The Balaban J connectivity index is 2.06. The maximum atomic E-state index is 12.6. The van der Waals surface area contributed by atoms with E-state index in [-0.39, 0.29) is 23.6 Å². The third kappa shape index (κ3) is 5.96. The Hall–Kier alpha value is -1.12. The highest BCUT2D eigenvalue weighted by molar-refractivity contribution is 9.08. The Kier molecular flexibility index (Phi) is 7.10. The van der Waals surface area contributed by atoms with Crippen molar-refractivity contribution in [2.75, 3.05) is 13.1 Å². The van der Waals surface area contributed by atoms with Crippen molar-refractivity contribution in [1.29, 1.82) is 0 Å². The van der Waals surface area contributed by atoms with E-state index in [1.165, 1.54) is 0 Å². The van der Waals surface area contributed by atoms with Gasteiger partial charge in [0, 0.05) is 24.5 Å². The highest BCUT2D eigenvalue weighted by Gasteiger charge is 2.31. The number of hydrogen-bond donors (Lipinski definition) is 1. The molecule has 0 aliphatic carbocycles. The quantitative estimate of drug-likeness (QED) is 0.700. The van der Waals surface area contributed by atoms with Crippen molar-refractivity contribution in [1.82, 2.24) is 9.62 Å². The van der Waals surface area contributed by atoms with Crippen LogP contribution in [0.3, 0.4) is 0 Å². The Morgan fingerprint density at radius 1 is 1.35 bits per heavy atom. The van der Waals surface area contributed by atoms with Crippen molar-refractivity contribution in [3.05, 3.63) is 29.8 Å². The van der Waals surface area contributed by atoms with E-state index >= 15 is 0 Å². The second-order valence-electron chi connectivity index (χ2n) is 7.46. The lowest BCUT2D eigenvalue weighted by molar-refractivity contribution is 0.0105. The number of rotatable bonds is 5. The maximum absolute atomic E-state index is 12.6. The van der Waals surface area contributed by atoms with Gasteiger partial charge in [-0.15, -0.1) is 0 Å². The minimum Gasteiger partial charge on any atom is -0.444 e. The lowest BCUT2D eigenvalue weighted by Crippen LogP contribution is -2.50. The summed E-state index contributed by atoms with van der Waals surface area (Å²) in [5.41, 5.74) is 0.315. The molecule has 146 valence electrons. The molecule has 1 amide bonds. The molecule has 6 nitrogen and oxygen atoms in total. The number of carbonyl (C=O) groups is 1. The molecule has 1 unspecified atom stereocenters. The van der Waals surface area contributed by atoms with Gasteiger partial charge in [0.05, 0.1) is 4.90 Å². The summed E-state index contributed by atoms with van der Waals surface area (Å²) >= 11 is 3.33. The van der Waals surface area contributed by atoms with Crippen LogP contribution in [0.25, 0.3) is 0 Å². The van der Waals surface area contributed by atoms with Gasteiger partial charge in [-0.3, -0.25) is 0 Å². The average molecular weight is 447 g/mol. The molecule has 8 heteroatoms. The predicted octanol–water partition coefficient (Wildman–Crippen LogP) is 3.65. The minimum absolute atomic E-state index is 0.181. The van der Waals surface area contributed by atoms with Gasteiger partial charge < -0.3 is 9.64 Å². The number of halogens is 1. The third-order valence-electron chi connectivity index (χ3n) is 4.13. The van der Waals surface area contributed by atoms with Crippen LogP contribution in [-0.2, 0) is 20.1 Å². The summed E-state index contributed by atoms with van der Waals surface area (Å²) in [5.74, 6) is 0. The van der Waals surface area contributed by atoms with Crippen LogP contribution in [0, 0.1) is 0 Å². The standard InChI is InChI=1S/C18H27BrN2O4S/c1-18(2,3)25-17(22)21-10-5-4-8-15(21)13-20-26(23,24)16-9-6-7-14(11-16)12-19/h6-7,9,11,15,20H,4-5,8,10,12-13H2,1-3H3. The zero-order valence-corrected chi connectivity index (χ0v) is 17.9. The summed E-state index contributed by atoms with van der Waals surface area (Å²) < 4.78 is 33.3. The Labute approximate surface area is 164 Å². The second-order valence-corrected chi connectivity index (χ2v) is 9.78. The summed E-state index contributed by atoms with van der Waals surface area (Å²) in [7, 11) is -3.63. The van der Waals surface area contributed by atoms with E-state index in [4.69, 9.17) is 4.74 Å². The van der Waals surface area contributed by atoms with Gasteiger partial charge in [0.25, 0.3) is 0 Å². The monoisotopic (exact) mass is 446 g/mol. The molecule has 1 aromatic carbocycles. The van der Waals surface area contributed by atoms with E-state index in [0.717, 1.165) is 24.8 Å². The number of carbonyl (C=O) groups excluding carboxylic acids is 1. The van der Waals surface area contributed by atoms with Crippen LogP contribution < -0.4 is 4.72 Å². The second kappa shape index (κ2) is 8.71. The van der Waals surface area contributed by atoms with Crippen LogP contribution in [0.1, 0.15) is 45.6 Å². The normalized spacial score (nSPS) is 18.6. The number of alkyl halides is 1. The van der Waals surface area contributed by atoms with E-state index in [1.54, 1.807) is 23.1 Å². The summed E-state index contributed by atoms with van der Waals surface area (Å²) in [4.78, 5) is 14.3. The summed E-state index contributed by atoms with van der Waals surface area (Å²) in [6.07, 6.45) is 2.23. The van der Waals surface area contributed by atoms with Crippen molar-refractivity contribution in [3.63, 3.8) is 0 Å². The predicted molar refractivity (Wildman–Crippen MR) is 105 cm³/mol. The Morgan fingerprint density at radius 3 is 2.73 bits per heavy atom. The maximum Gasteiger partial charge on any atom is 0.410 e. The molecule has 1 aliphatic heterocycles. The molecule has 1 heterocycles. The number of ether oxygens (including phenoxy) is 1. The van der Waals surface area contributed by atoms with Crippen LogP contribution in [0.15, 0.2) is 29.2 Å². The first-order valence-electron chi connectivity index (χ1n) is 8.76. The van der Waals surface area contributed by atoms with Crippen LogP contribution in [0.5, 0.6) is 0 Å². The van der Waals surface area contributed by atoms with E-state index in [9.17, 15) is 13.2 Å². The number of amides is 1. The molecule has 0 aromatic heterocycles. The lowest BCUT2D eigenvalue weighted by Gasteiger charge is -2.36. The van der Waals surface area contributed by atoms with Gasteiger partial charge in [-0.1, -0.05) is 28.1 Å². The molecule has 1 fully saturated rings. The van der Waals surface area contributed by atoms with Crippen molar-refractivity contribution in [2.24, 2.45) is 0 Å². The fraction of sp³-hybridized carbons (Fsp3) is 0.611. The van der Waals surface area contributed by atoms with Crippen molar-refractivity contribution in [3.8, 4) is 0 Å². The summed E-state index contributed by atoms with van der Waals surface area (Å²) in [6, 6.07) is 6.59. The molecule has 1 saturated heterocycles. The Bertz CT molecular complexity index is 731. The smallest absolute Gasteiger partial charge is 0.410 e. The zero-order chi connectivity index (χ0) is 19.4. The summed E-state index contributed by atoms with van der Waals surface area (Å²) in [6.45, 7) is 6.23. The minimum atomic E-state index is -3.63. The van der Waals surface area contributed by atoms with Crippen molar-refractivity contribution >= 4 is 32.0 Å². The largest absolute Gasteiger partial charge is 0.444 e. The van der Waals surface area contributed by atoms with Crippen molar-refractivity contribution in [2.45, 2.75) is 61.9 Å². The van der Waals surface area contributed by atoms with Gasteiger partial charge in [0.15, 0.2) is 0 Å². The Morgan fingerprint density at radius 2 is 2.08 bits per heavy atom. The number of likely N-dealkylation sites (tertiary alicyclic amines) is 1. The number of benzene rings is 1. The molecule has 0 radical (unpaired) electrons. The first-order valence-corrected chi connectivity index (χ1v) is 11.4. The molecule has 26 heavy (non-hydrogen) atoms. The van der Waals surface area contributed by atoms with E-state index in [0.29, 0.717) is 11.9 Å². The molecule has 0 bridgehead atoms. The van der Waals surface area contributed by atoms with Gasteiger partial charge in [0.2, 0.25) is 10.0 Å². The van der Waals surface area contributed by atoms with E-state index in [2.05, 4.69) is 20.7 Å². The molecule has 1 N–H and O–H groups in total. The van der Waals surface area contributed by atoms with Crippen LogP contribution in [0.4, 0.5) is 4.79 Å². The average Bonchev–Trinajstić information content (AvgIpc) is 2.59. The molecular weight excluding hydrogens is 420 g/mol. The fourth-order valence-electron chi connectivity index (χ4n) is 2.86. The highest BCUT2D eigenvalue weighted by atomic mass is 79.9. The number of piperidine rings is 1. The molecule has 1 atom stereocenters. The highest BCUT2D eigenvalue weighted by Crippen LogP contribution is 2.21. The molecule has 1 aliphatic rings. The molecule has 2 rings (SSSR count). The molecule has 0 spiro atoms. The number of sulfonamides is 1. The molecule has 1 aromatic rings. The van der Waals surface area contributed by atoms with Crippen LogP contribution >= 0.6 is 15.9 Å². The van der Waals surface area contributed by atoms with Gasteiger partial charge in [-0.05, 0) is 57.7 Å². The van der Waals surface area contributed by atoms with Gasteiger partial charge in [-0.2, -0.15) is 0 Å². The van der Waals surface area contributed by atoms with Crippen LogP contribution in [-0.4, -0.2) is 44.1 Å². The first-order chi connectivity index (χ1) is 12.1. The van der Waals surface area contributed by atoms with E-state index in [1.807, 2.05) is 26.8 Å². The fourth-order valence-corrected chi connectivity index (χ4v) is 4.35.